The molecule has 0 spiro atoms. The molecule has 1 aromatic carbocycles. The van der Waals surface area contributed by atoms with Gasteiger partial charge in [0, 0.05) is 22.6 Å². The van der Waals surface area contributed by atoms with E-state index in [4.69, 9.17) is 5.21 Å². The lowest BCUT2D eigenvalue weighted by Crippen LogP contribution is -2.09. The Bertz CT molecular complexity index is 360. The second-order valence-electron chi connectivity index (χ2n) is 3.14. The molecule has 2 nitrogen and oxygen atoms in total. The molecule has 0 fully saturated rings. The molecule has 1 heterocycles. The van der Waals surface area contributed by atoms with Crippen LogP contribution in [0.1, 0.15) is 17.5 Å². The van der Waals surface area contributed by atoms with Crippen molar-refractivity contribution in [1.29, 1.82) is 0 Å². The van der Waals surface area contributed by atoms with E-state index in [0.717, 1.165) is 23.4 Å². The summed E-state index contributed by atoms with van der Waals surface area (Å²) in [5.41, 5.74) is 3.12. The summed E-state index contributed by atoms with van der Waals surface area (Å²) < 4.78 is 0. The van der Waals surface area contributed by atoms with Crippen molar-refractivity contribution in [2.24, 2.45) is 5.16 Å². The fourth-order valence-electron chi connectivity index (χ4n) is 1.49. The molecule has 0 aromatic heterocycles. The number of nitrogens with zero attached hydrogens (tertiary/aromatic N) is 1. The standard InChI is InChI=1S/C10H11NOS/c1-7-2-3-10-8(6-7)9(11-12)4-5-13-10/h2-3,6,12H,4-5H2,1H3. The molecule has 0 radical (unpaired) electrons. The Labute approximate surface area is 81.7 Å². The first-order chi connectivity index (χ1) is 6.31. The number of aryl methyl sites for hydroxylation is 1. The van der Waals surface area contributed by atoms with Gasteiger partial charge in [0.25, 0.3) is 0 Å². The van der Waals surface area contributed by atoms with E-state index in [2.05, 4.69) is 30.3 Å². The van der Waals surface area contributed by atoms with E-state index in [1.165, 1.54) is 10.5 Å². The number of oxime groups is 1. The molecule has 0 atom stereocenters. The first-order valence-corrected chi connectivity index (χ1v) is 5.24. The molecule has 0 amide bonds. The smallest absolute Gasteiger partial charge is 0.0887 e. The van der Waals surface area contributed by atoms with Gasteiger partial charge in [0.1, 0.15) is 0 Å². The van der Waals surface area contributed by atoms with Crippen molar-refractivity contribution < 1.29 is 5.21 Å². The van der Waals surface area contributed by atoms with E-state index in [1.807, 2.05) is 11.8 Å². The Morgan fingerprint density at radius 3 is 3.08 bits per heavy atom. The van der Waals surface area contributed by atoms with Crippen LogP contribution in [-0.2, 0) is 0 Å². The van der Waals surface area contributed by atoms with Crippen molar-refractivity contribution in [1.82, 2.24) is 0 Å². The van der Waals surface area contributed by atoms with Gasteiger partial charge in [-0.15, -0.1) is 11.8 Å². The predicted octanol–water partition coefficient (Wildman–Crippen LogP) is 2.67. The molecule has 1 aliphatic rings. The summed E-state index contributed by atoms with van der Waals surface area (Å²) in [6.45, 7) is 2.05. The molecule has 1 aromatic rings. The first kappa shape index (κ1) is 8.63. The largest absolute Gasteiger partial charge is 0.411 e. The third kappa shape index (κ3) is 1.56. The monoisotopic (exact) mass is 193 g/mol. The highest BCUT2D eigenvalue weighted by atomic mass is 32.2. The summed E-state index contributed by atoms with van der Waals surface area (Å²) in [5, 5.41) is 12.1. The van der Waals surface area contributed by atoms with E-state index in [1.54, 1.807) is 0 Å². The second kappa shape index (κ2) is 3.42. The Balaban J connectivity index is 2.54. The molecule has 1 N–H and O–H groups in total. The maximum Gasteiger partial charge on any atom is 0.0887 e. The Hall–Kier alpha value is -0.960. The van der Waals surface area contributed by atoms with Crippen LogP contribution in [0.2, 0.25) is 0 Å². The van der Waals surface area contributed by atoms with Crippen molar-refractivity contribution in [3.8, 4) is 0 Å². The summed E-state index contributed by atoms with van der Waals surface area (Å²) in [5.74, 6) is 1.01. The van der Waals surface area contributed by atoms with Crippen molar-refractivity contribution in [3.05, 3.63) is 29.3 Å². The fraction of sp³-hybridized carbons (Fsp3) is 0.300. The van der Waals surface area contributed by atoms with Gasteiger partial charge in [-0.05, 0) is 19.1 Å². The molecule has 0 unspecified atom stereocenters. The van der Waals surface area contributed by atoms with Crippen molar-refractivity contribution >= 4 is 17.5 Å². The van der Waals surface area contributed by atoms with E-state index in [9.17, 15) is 0 Å². The van der Waals surface area contributed by atoms with Crippen LogP contribution in [0, 0.1) is 6.92 Å². The minimum Gasteiger partial charge on any atom is -0.411 e. The summed E-state index contributed by atoms with van der Waals surface area (Å²) in [7, 11) is 0. The highest BCUT2D eigenvalue weighted by Crippen LogP contribution is 2.30. The van der Waals surface area contributed by atoms with E-state index < -0.39 is 0 Å². The summed E-state index contributed by atoms with van der Waals surface area (Å²) in [6, 6.07) is 6.27. The van der Waals surface area contributed by atoms with Gasteiger partial charge < -0.3 is 5.21 Å². The van der Waals surface area contributed by atoms with Crippen LogP contribution >= 0.6 is 11.8 Å². The van der Waals surface area contributed by atoms with Crippen LogP contribution in [0.3, 0.4) is 0 Å². The average molecular weight is 193 g/mol. The predicted molar refractivity (Wildman–Crippen MR) is 54.8 cm³/mol. The Kier molecular flexibility index (Phi) is 2.27. The Morgan fingerprint density at radius 2 is 2.31 bits per heavy atom. The zero-order chi connectivity index (χ0) is 9.26. The van der Waals surface area contributed by atoms with Gasteiger partial charge in [-0.1, -0.05) is 16.8 Å². The molecular formula is C10H11NOS. The number of benzene rings is 1. The molecule has 1 aliphatic heterocycles. The van der Waals surface area contributed by atoms with Crippen LogP contribution in [0.5, 0.6) is 0 Å². The Morgan fingerprint density at radius 1 is 1.46 bits per heavy atom. The van der Waals surface area contributed by atoms with E-state index in [0.29, 0.717) is 0 Å². The molecule has 3 heteroatoms. The van der Waals surface area contributed by atoms with Gasteiger partial charge in [-0.2, -0.15) is 0 Å². The third-order valence-corrected chi connectivity index (χ3v) is 3.24. The van der Waals surface area contributed by atoms with Gasteiger partial charge in [-0.3, -0.25) is 0 Å². The number of fused-ring (bicyclic) bond motifs is 1. The lowest BCUT2D eigenvalue weighted by atomic mass is 10.1. The van der Waals surface area contributed by atoms with Crippen LogP contribution < -0.4 is 0 Å². The minimum absolute atomic E-state index is 0.817. The van der Waals surface area contributed by atoms with Crippen molar-refractivity contribution in [2.75, 3.05) is 5.75 Å². The lowest BCUT2D eigenvalue weighted by Gasteiger charge is -2.16. The minimum atomic E-state index is 0.817. The highest BCUT2D eigenvalue weighted by molar-refractivity contribution is 7.99. The van der Waals surface area contributed by atoms with Gasteiger partial charge in [-0.25, -0.2) is 0 Å². The van der Waals surface area contributed by atoms with Gasteiger partial charge in [0.2, 0.25) is 0 Å². The lowest BCUT2D eigenvalue weighted by molar-refractivity contribution is 0.318. The molecule has 0 saturated carbocycles. The third-order valence-electron chi connectivity index (χ3n) is 2.16. The van der Waals surface area contributed by atoms with E-state index in [-0.39, 0.29) is 0 Å². The zero-order valence-electron chi connectivity index (χ0n) is 7.45. The zero-order valence-corrected chi connectivity index (χ0v) is 8.27. The molecule has 0 saturated heterocycles. The fourth-order valence-corrected chi connectivity index (χ4v) is 2.50. The van der Waals surface area contributed by atoms with E-state index >= 15 is 0 Å². The van der Waals surface area contributed by atoms with Crippen molar-refractivity contribution in [2.45, 2.75) is 18.2 Å². The average Bonchev–Trinajstić information content (AvgIpc) is 2.17. The number of thioether (sulfide) groups is 1. The molecule has 13 heavy (non-hydrogen) atoms. The molecule has 2 rings (SSSR count). The van der Waals surface area contributed by atoms with Gasteiger partial charge in [0.15, 0.2) is 0 Å². The maximum atomic E-state index is 8.81. The van der Waals surface area contributed by atoms with Crippen LogP contribution in [-0.4, -0.2) is 16.7 Å². The van der Waals surface area contributed by atoms with Crippen molar-refractivity contribution in [3.63, 3.8) is 0 Å². The van der Waals surface area contributed by atoms with Gasteiger partial charge >= 0.3 is 0 Å². The summed E-state index contributed by atoms with van der Waals surface area (Å²) >= 11 is 1.82. The molecule has 0 aliphatic carbocycles. The quantitative estimate of drug-likeness (QED) is 0.507. The number of hydrogen-bond acceptors (Lipinski definition) is 3. The second-order valence-corrected chi connectivity index (χ2v) is 4.28. The van der Waals surface area contributed by atoms with Crippen LogP contribution in [0.15, 0.2) is 28.3 Å². The molecular weight excluding hydrogens is 182 g/mol. The molecule has 68 valence electrons. The summed E-state index contributed by atoms with van der Waals surface area (Å²) in [6.07, 6.45) is 0.859. The number of rotatable bonds is 0. The first-order valence-electron chi connectivity index (χ1n) is 4.26. The highest BCUT2D eigenvalue weighted by Gasteiger charge is 2.15. The topological polar surface area (TPSA) is 32.6 Å². The summed E-state index contributed by atoms with van der Waals surface area (Å²) in [4.78, 5) is 1.23. The number of hydrogen-bond donors (Lipinski definition) is 1. The normalized spacial score (nSPS) is 18.7. The van der Waals surface area contributed by atoms with Crippen LogP contribution in [0.4, 0.5) is 0 Å². The van der Waals surface area contributed by atoms with Gasteiger partial charge in [0.05, 0.1) is 5.71 Å². The SMILES string of the molecule is Cc1ccc2c(c1)C(=NO)CCS2. The van der Waals surface area contributed by atoms with Crippen LogP contribution in [0.25, 0.3) is 0 Å². The maximum absolute atomic E-state index is 8.81. The molecule has 0 bridgehead atoms.